The molecule has 2 rings (SSSR count). The zero-order chi connectivity index (χ0) is 11.5. The van der Waals surface area contributed by atoms with E-state index >= 15 is 0 Å². The van der Waals surface area contributed by atoms with E-state index in [0.29, 0.717) is 16.7 Å². The molecule has 16 heavy (non-hydrogen) atoms. The number of anilines is 3. The highest BCUT2D eigenvalue weighted by Gasteiger charge is 2.03. The summed E-state index contributed by atoms with van der Waals surface area (Å²) in [7, 11) is 0. The van der Waals surface area contributed by atoms with Gasteiger partial charge in [-0.3, -0.25) is 4.98 Å². The van der Waals surface area contributed by atoms with Crippen molar-refractivity contribution in [3.63, 3.8) is 0 Å². The van der Waals surface area contributed by atoms with E-state index in [2.05, 4.69) is 15.3 Å². The minimum Gasteiger partial charge on any atom is -0.382 e. The third kappa shape index (κ3) is 2.23. The molecule has 5 heteroatoms. The summed E-state index contributed by atoms with van der Waals surface area (Å²) in [5.74, 6) is 0.982. The van der Waals surface area contributed by atoms with Gasteiger partial charge in [-0.05, 0) is 24.6 Å². The highest BCUT2D eigenvalue weighted by Crippen LogP contribution is 2.25. The van der Waals surface area contributed by atoms with Crippen LogP contribution in [-0.4, -0.2) is 9.97 Å². The summed E-state index contributed by atoms with van der Waals surface area (Å²) in [5.41, 5.74) is 7.40. The number of nitrogens with zero attached hydrogens (tertiary/aromatic N) is 2. The van der Waals surface area contributed by atoms with Gasteiger partial charge in [0.05, 0.1) is 12.4 Å². The van der Waals surface area contributed by atoms with Crippen LogP contribution in [0.3, 0.4) is 0 Å². The third-order valence-corrected chi connectivity index (χ3v) is 2.59. The number of nitrogens with one attached hydrogen (secondary N) is 1. The van der Waals surface area contributed by atoms with Crippen molar-refractivity contribution >= 4 is 28.9 Å². The second kappa shape index (κ2) is 4.37. The molecule has 0 atom stereocenters. The van der Waals surface area contributed by atoms with Crippen molar-refractivity contribution in [2.45, 2.75) is 6.92 Å². The maximum absolute atomic E-state index is 6.01. The number of hydrogen-bond donors (Lipinski definition) is 2. The fraction of sp³-hybridized carbons (Fsp3) is 0.0909. The number of rotatable bonds is 2. The molecule has 1 aromatic heterocycles. The normalized spacial score (nSPS) is 10.1. The standard InChI is InChI=1S/C11H11ClN4/c1-7-8(12)3-2-4-9(7)15-11-6-14-5-10(13)16-11/h2-6H,1H3,(H3,13,15,16). The molecule has 2 aromatic rings. The summed E-state index contributed by atoms with van der Waals surface area (Å²) in [6.07, 6.45) is 3.10. The highest BCUT2D eigenvalue weighted by molar-refractivity contribution is 6.31. The summed E-state index contributed by atoms with van der Waals surface area (Å²) < 4.78 is 0. The lowest BCUT2D eigenvalue weighted by Crippen LogP contribution is -1.99. The first kappa shape index (κ1) is 10.7. The van der Waals surface area contributed by atoms with Gasteiger partial charge in [-0.1, -0.05) is 17.7 Å². The lowest BCUT2D eigenvalue weighted by Gasteiger charge is -2.09. The first-order valence-corrected chi connectivity index (χ1v) is 5.14. The van der Waals surface area contributed by atoms with Gasteiger partial charge in [0.1, 0.15) is 5.82 Å². The molecule has 0 spiro atoms. The maximum Gasteiger partial charge on any atom is 0.151 e. The van der Waals surface area contributed by atoms with E-state index < -0.39 is 0 Å². The minimum atomic E-state index is 0.379. The average molecular weight is 235 g/mol. The SMILES string of the molecule is Cc1c(Cl)cccc1Nc1cncc(N)n1. The molecule has 0 aliphatic rings. The van der Waals surface area contributed by atoms with Crippen LogP contribution in [0.2, 0.25) is 5.02 Å². The van der Waals surface area contributed by atoms with E-state index in [9.17, 15) is 0 Å². The van der Waals surface area contributed by atoms with Gasteiger partial charge in [0, 0.05) is 10.7 Å². The number of nitrogens with two attached hydrogens (primary N) is 1. The van der Waals surface area contributed by atoms with Crippen molar-refractivity contribution in [3.8, 4) is 0 Å². The molecule has 0 aliphatic carbocycles. The van der Waals surface area contributed by atoms with E-state index in [1.807, 2.05) is 25.1 Å². The van der Waals surface area contributed by atoms with Crippen molar-refractivity contribution in [2.75, 3.05) is 11.1 Å². The molecular weight excluding hydrogens is 224 g/mol. The Balaban J connectivity index is 2.31. The van der Waals surface area contributed by atoms with Crippen LogP contribution in [0.5, 0.6) is 0 Å². The van der Waals surface area contributed by atoms with Gasteiger partial charge < -0.3 is 11.1 Å². The van der Waals surface area contributed by atoms with Gasteiger partial charge in [0.25, 0.3) is 0 Å². The largest absolute Gasteiger partial charge is 0.382 e. The average Bonchev–Trinajstić information content (AvgIpc) is 2.25. The smallest absolute Gasteiger partial charge is 0.151 e. The van der Waals surface area contributed by atoms with Crippen molar-refractivity contribution in [3.05, 3.63) is 41.2 Å². The topological polar surface area (TPSA) is 63.8 Å². The molecule has 3 N–H and O–H groups in total. The zero-order valence-corrected chi connectivity index (χ0v) is 9.49. The van der Waals surface area contributed by atoms with Crippen LogP contribution in [0.4, 0.5) is 17.3 Å². The Kier molecular flexibility index (Phi) is 2.92. The van der Waals surface area contributed by atoms with E-state index in [-0.39, 0.29) is 0 Å². The maximum atomic E-state index is 6.01. The molecule has 0 amide bonds. The van der Waals surface area contributed by atoms with Gasteiger partial charge in [0.15, 0.2) is 5.82 Å². The monoisotopic (exact) mass is 234 g/mol. The van der Waals surface area contributed by atoms with Crippen LogP contribution < -0.4 is 11.1 Å². The second-order valence-electron chi connectivity index (χ2n) is 3.37. The number of hydrogen-bond acceptors (Lipinski definition) is 4. The van der Waals surface area contributed by atoms with Crippen molar-refractivity contribution in [1.29, 1.82) is 0 Å². The summed E-state index contributed by atoms with van der Waals surface area (Å²) in [4.78, 5) is 8.05. The van der Waals surface area contributed by atoms with Crippen LogP contribution in [0, 0.1) is 6.92 Å². The van der Waals surface area contributed by atoms with Gasteiger partial charge in [0.2, 0.25) is 0 Å². The van der Waals surface area contributed by atoms with Gasteiger partial charge in [-0.15, -0.1) is 0 Å². The Morgan fingerprint density at radius 2 is 2.12 bits per heavy atom. The third-order valence-electron chi connectivity index (χ3n) is 2.18. The molecule has 82 valence electrons. The predicted octanol–water partition coefficient (Wildman–Crippen LogP) is 2.76. The van der Waals surface area contributed by atoms with Gasteiger partial charge in [-0.25, -0.2) is 4.98 Å². The molecule has 0 aliphatic heterocycles. The molecular formula is C11H11ClN4. The Morgan fingerprint density at radius 1 is 1.31 bits per heavy atom. The summed E-state index contributed by atoms with van der Waals surface area (Å²) in [6.45, 7) is 1.93. The Bertz CT molecular complexity index is 513. The van der Waals surface area contributed by atoms with Crippen LogP contribution in [-0.2, 0) is 0 Å². The molecule has 4 nitrogen and oxygen atoms in total. The molecule has 0 radical (unpaired) electrons. The Hall–Kier alpha value is -1.81. The van der Waals surface area contributed by atoms with Crippen molar-refractivity contribution in [1.82, 2.24) is 9.97 Å². The number of aromatic nitrogens is 2. The van der Waals surface area contributed by atoms with E-state index in [1.165, 1.54) is 6.20 Å². The number of nitrogen functional groups attached to an aromatic ring is 1. The van der Waals surface area contributed by atoms with Gasteiger partial charge in [-0.2, -0.15) is 0 Å². The van der Waals surface area contributed by atoms with E-state index in [1.54, 1.807) is 6.20 Å². The lowest BCUT2D eigenvalue weighted by molar-refractivity contribution is 1.20. The van der Waals surface area contributed by atoms with E-state index in [4.69, 9.17) is 17.3 Å². The molecule has 0 unspecified atom stereocenters. The fourth-order valence-electron chi connectivity index (χ4n) is 1.32. The van der Waals surface area contributed by atoms with Crippen molar-refractivity contribution in [2.24, 2.45) is 0 Å². The quantitative estimate of drug-likeness (QED) is 0.839. The molecule has 0 bridgehead atoms. The Labute approximate surface area is 98.5 Å². The minimum absolute atomic E-state index is 0.379. The van der Waals surface area contributed by atoms with Crippen LogP contribution in [0.1, 0.15) is 5.56 Å². The van der Waals surface area contributed by atoms with Gasteiger partial charge >= 0.3 is 0 Å². The lowest BCUT2D eigenvalue weighted by atomic mass is 10.2. The molecule has 0 fully saturated rings. The number of halogens is 1. The predicted molar refractivity (Wildman–Crippen MR) is 65.9 cm³/mol. The zero-order valence-electron chi connectivity index (χ0n) is 8.74. The first-order chi connectivity index (χ1) is 7.66. The van der Waals surface area contributed by atoms with Crippen LogP contribution in [0.25, 0.3) is 0 Å². The number of benzene rings is 1. The Morgan fingerprint density at radius 3 is 2.88 bits per heavy atom. The molecule has 1 aromatic carbocycles. The highest BCUT2D eigenvalue weighted by atomic mass is 35.5. The molecule has 0 saturated heterocycles. The summed E-state index contributed by atoms with van der Waals surface area (Å²) in [6, 6.07) is 5.64. The van der Waals surface area contributed by atoms with Crippen molar-refractivity contribution < 1.29 is 0 Å². The van der Waals surface area contributed by atoms with Crippen LogP contribution in [0.15, 0.2) is 30.6 Å². The molecule has 0 saturated carbocycles. The fourth-order valence-corrected chi connectivity index (χ4v) is 1.50. The molecule has 1 heterocycles. The summed E-state index contributed by atoms with van der Waals surface area (Å²) in [5, 5.41) is 3.83. The second-order valence-corrected chi connectivity index (χ2v) is 3.77. The first-order valence-electron chi connectivity index (χ1n) is 4.76. The van der Waals surface area contributed by atoms with E-state index in [0.717, 1.165) is 11.3 Å². The summed E-state index contributed by atoms with van der Waals surface area (Å²) >= 11 is 6.01. The van der Waals surface area contributed by atoms with Crippen LogP contribution >= 0.6 is 11.6 Å².